The van der Waals surface area contributed by atoms with Gasteiger partial charge in [-0.05, 0) is 43.9 Å². The van der Waals surface area contributed by atoms with Gasteiger partial charge in [0, 0.05) is 24.9 Å². The lowest BCUT2D eigenvalue weighted by Gasteiger charge is -2.28. The summed E-state index contributed by atoms with van der Waals surface area (Å²) in [6, 6.07) is 15.4. The normalized spacial score (nSPS) is 18.3. The number of benzene rings is 2. The molecule has 6 nitrogen and oxygen atoms in total. The lowest BCUT2D eigenvalue weighted by Crippen LogP contribution is -2.45. The van der Waals surface area contributed by atoms with Gasteiger partial charge in [0.15, 0.2) is 6.10 Å². The van der Waals surface area contributed by atoms with Gasteiger partial charge >= 0.3 is 5.97 Å². The van der Waals surface area contributed by atoms with Gasteiger partial charge in [-0.1, -0.05) is 24.3 Å². The lowest BCUT2D eigenvalue weighted by molar-refractivity contribution is -0.152. The standard InChI is InChI=1S/C22H26N2O4S.ClH/c1-15(25)28-20-21(16-9-11-17(27-4)12-10-16)29-19-8-6-5-7-18(19)24(22(20)26)14-13-23(2)3;/h5-12,20-21H,13-14H2,1-4H3;1H/t20-,21-;/m1./s1. The molecular formula is C22H27ClN2O4S. The molecule has 1 amide bonds. The number of carbonyl (C=O) groups excluding carboxylic acids is 2. The second-order valence-corrected chi connectivity index (χ2v) is 8.29. The Morgan fingerprint density at radius 3 is 2.40 bits per heavy atom. The molecule has 162 valence electrons. The lowest BCUT2D eigenvalue weighted by atomic mass is 10.1. The van der Waals surface area contributed by atoms with Crippen molar-refractivity contribution in [1.82, 2.24) is 4.90 Å². The third kappa shape index (κ3) is 5.47. The molecule has 30 heavy (non-hydrogen) atoms. The zero-order valence-corrected chi connectivity index (χ0v) is 19.2. The van der Waals surface area contributed by atoms with Crippen LogP contribution in [-0.2, 0) is 14.3 Å². The number of nitrogens with zero attached hydrogens (tertiary/aromatic N) is 2. The van der Waals surface area contributed by atoms with Gasteiger partial charge in [0.05, 0.1) is 18.0 Å². The fourth-order valence-corrected chi connectivity index (χ4v) is 4.56. The van der Waals surface area contributed by atoms with E-state index in [0.29, 0.717) is 13.1 Å². The first-order chi connectivity index (χ1) is 13.9. The number of amides is 1. The van der Waals surface area contributed by atoms with Crippen LogP contribution in [0, 0.1) is 0 Å². The van der Waals surface area contributed by atoms with E-state index in [1.807, 2.05) is 67.5 Å². The molecule has 2 atom stereocenters. The maximum absolute atomic E-state index is 13.6. The van der Waals surface area contributed by atoms with Crippen molar-refractivity contribution >= 4 is 41.7 Å². The first-order valence-electron chi connectivity index (χ1n) is 9.43. The summed E-state index contributed by atoms with van der Waals surface area (Å²) in [5.74, 6) is 0.0528. The number of anilines is 1. The number of halogens is 1. The number of ether oxygens (including phenoxy) is 2. The number of rotatable bonds is 6. The quantitative estimate of drug-likeness (QED) is 0.624. The Morgan fingerprint density at radius 1 is 1.13 bits per heavy atom. The molecule has 1 aliphatic heterocycles. The van der Waals surface area contributed by atoms with Gasteiger partial charge in [0.2, 0.25) is 0 Å². The monoisotopic (exact) mass is 450 g/mol. The Kier molecular flexibility index (Phi) is 8.58. The molecule has 1 heterocycles. The van der Waals surface area contributed by atoms with E-state index in [4.69, 9.17) is 9.47 Å². The fraction of sp³-hybridized carbons (Fsp3) is 0.364. The Morgan fingerprint density at radius 2 is 1.80 bits per heavy atom. The molecule has 0 aromatic heterocycles. The third-order valence-electron chi connectivity index (χ3n) is 4.70. The largest absolute Gasteiger partial charge is 0.497 e. The number of para-hydroxylation sites is 1. The molecule has 0 N–H and O–H groups in total. The molecule has 0 bridgehead atoms. The molecule has 0 saturated heterocycles. The van der Waals surface area contributed by atoms with E-state index in [1.54, 1.807) is 23.8 Å². The summed E-state index contributed by atoms with van der Waals surface area (Å²) in [6.07, 6.45) is -0.916. The molecule has 1 aliphatic rings. The zero-order valence-electron chi connectivity index (χ0n) is 17.5. The van der Waals surface area contributed by atoms with Crippen molar-refractivity contribution in [2.45, 2.75) is 23.2 Å². The van der Waals surface area contributed by atoms with E-state index >= 15 is 0 Å². The van der Waals surface area contributed by atoms with Crippen molar-refractivity contribution in [3.8, 4) is 5.75 Å². The minimum atomic E-state index is -0.916. The van der Waals surface area contributed by atoms with Crippen LogP contribution >= 0.6 is 24.2 Å². The average molecular weight is 451 g/mol. The van der Waals surface area contributed by atoms with E-state index in [0.717, 1.165) is 21.9 Å². The Bertz CT molecular complexity index is 876. The Labute approximate surface area is 187 Å². The third-order valence-corrected chi connectivity index (χ3v) is 6.07. The van der Waals surface area contributed by atoms with Crippen LogP contribution in [-0.4, -0.2) is 57.2 Å². The molecule has 0 radical (unpaired) electrons. The van der Waals surface area contributed by atoms with Gasteiger partial charge in [-0.15, -0.1) is 24.2 Å². The summed E-state index contributed by atoms with van der Waals surface area (Å²) in [4.78, 5) is 30.2. The van der Waals surface area contributed by atoms with Crippen LogP contribution in [0.25, 0.3) is 0 Å². The van der Waals surface area contributed by atoms with Crippen molar-refractivity contribution < 1.29 is 19.1 Å². The molecule has 0 unspecified atom stereocenters. The highest BCUT2D eigenvalue weighted by Gasteiger charge is 2.40. The van der Waals surface area contributed by atoms with E-state index < -0.39 is 12.1 Å². The van der Waals surface area contributed by atoms with Crippen LogP contribution in [0.5, 0.6) is 5.75 Å². The van der Waals surface area contributed by atoms with Crippen LogP contribution in [0.4, 0.5) is 5.69 Å². The number of methoxy groups -OCH3 is 1. The predicted octanol–water partition coefficient (Wildman–Crippen LogP) is 3.79. The van der Waals surface area contributed by atoms with E-state index in [9.17, 15) is 9.59 Å². The minimum absolute atomic E-state index is 0. The van der Waals surface area contributed by atoms with Gasteiger partial charge in [-0.2, -0.15) is 0 Å². The van der Waals surface area contributed by atoms with E-state index in [2.05, 4.69) is 0 Å². The van der Waals surface area contributed by atoms with Gasteiger partial charge in [-0.3, -0.25) is 9.59 Å². The van der Waals surface area contributed by atoms with E-state index in [-0.39, 0.29) is 23.6 Å². The zero-order chi connectivity index (χ0) is 21.0. The van der Waals surface area contributed by atoms with Gasteiger partial charge in [0.1, 0.15) is 5.75 Å². The molecule has 0 saturated carbocycles. The molecule has 2 aromatic carbocycles. The van der Waals surface area contributed by atoms with Crippen molar-refractivity contribution in [2.24, 2.45) is 0 Å². The number of likely N-dealkylation sites (N-methyl/N-ethyl adjacent to an activating group) is 1. The van der Waals surface area contributed by atoms with Crippen LogP contribution in [0.15, 0.2) is 53.4 Å². The predicted molar refractivity (Wildman–Crippen MR) is 122 cm³/mol. The molecule has 8 heteroatoms. The Balaban J connectivity index is 0.00000320. The number of hydrogen-bond acceptors (Lipinski definition) is 6. The summed E-state index contributed by atoms with van der Waals surface area (Å²) in [5.41, 5.74) is 1.75. The minimum Gasteiger partial charge on any atom is -0.497 e. The van der Waals surface area contributed by atoms with Gasteiger partial charge in [-0.25, -0.2) is 0 Å². The summed E-state index contributed by atoms with van der Waals surface area (Å²) in [5, 5.41) is -0.359. The SMILES string of the molecule is COc1ccc([C@H]2Sc3ccccc3N(CCN(C)C)C(=O)[C@@H]2OC(C)=O)cc1.Cl. The van der Waals surface area contributed by atoms with Crippen molar-refractivity contribution in [3.05, 3.63) is 54.1 Å². The first-order valence-corrected chi connectivity index (χ1v) is 10.3. The van der Waals surface area contributed by atoms with Gasteiger partial charge < -0.3 is 19.3 Å². The molecule has 2 aromatic rings. The van der Waals surface area contributed by atoms with Crippen molar-refractivity contribution in [2.75, 3.05) is 39.2 Å². The summed E-state index contributed by atoms with van der Waals surface area (Å²) in [6.45, 7) is 2.55. The molecular weight excluding hydrogens is 424 g/mol. The highest BCUT2D eigenvalue weighted by atomic mass is 35.5. The van der Waals surface area contributed by atoms with E-state index in [1.165, 1.54) is 6.92 Å². The smallest absolute Gasteiger partial charge is 0.303 e. The van der Waals surface area contributed by atoms with Crippen molar-refractivity contribution in [3.63, 3.8) is 0 Å². The van der Waals surface area contributed by atoms with Crippen LogP contribution in [0.3, 0.4) is 0 Å². The average Bonchev–Trinajstić information content (AvgIpc) is 2.81. The summed E-state index contributed by atoms with van der Waals surface area (Å²) < 4.78 is 10.8. The van der Waals surface area contributed by atoms with Crippen LogP contribution in [0.1, 0.15) is 17.7 Å². The first kappa shape index (κ1) is 24.1. The van der Waals surface area contributed by atoms with Crippen molar-refractivity contribution in [1.29, 1.82) is 0 Å². The molecule has 0 spiro atoms. The maximum atomic E-state index is 13.6. The Hall–Kier alpha value is -2.22. The highest BCUT2D eigenvalue weighted by Crippen LogP contribution is 2.46. The number of thioether (sulfide) groups is 1. The summed E-state index contributed by atoms with van der Waals surface area (Å²) in [7, 11) is 5.54. The molecule has 0 fully saturated rings. The fourth-order valence-electron chi connectivity index (χ4n) is 3.24. The second kappa shape index (κ2) is 10.7. The van der Waals surface area contributed by atoms with Gasteiger partial charge in [0.25, 0.3) is 5.91 Å². The molecule has 3 rings (SSSR count). The molecule has 0 aliphatic carbocycles. The number of esters is 1. The number of carbonyl (C=O) groups is 2. The second-order valence-electron chi connectivity index (χ2n) is 7.10. The topological polar surface area (TPSA) is 59.1 Å². The maximum Gasteiger partial charge on any atom is 0.303 e. The number of fused-ring (bicyclic) bond motifs is 1. The highest BCUT2D eigenvalue weighted by molar-refractivity contribution is 7.99. The summed E-state index contributed by atoms with van der Waals surface area (Å²) >= 11 is 1.54. The number of hydrogen-bond donors (Lipinski definition) is 0. The van der Waals surface area contributed by atoms with Crippen LogP contribution < -0.4 is 9.64 Å². The van der Waals surface area contributed by atoms with Crippen LogP contribution in [0.2, 0.25) is 0 Å².